The van der Waals surface area contributed by atoms with Crippen LogP contribution in [0.4, 0.5) is 0 Å². The van der Waals surface area contributed by atoms with Crippen molar-refractivity contribution in [3.63, 3.8) is 0 Å². The number of pyridine rings is 1. The van der Waals surface area contributed by atoms with E-state index in [4.69, 9.17) is 5.73 Å². The van der Waals surface area contributed by atoms with Gasteiger partial charge in [0, 0.05) is 18.3 Å². The van der Waals surface area contributed by atoms with Gasteiger partial charge in [0.05, 0.1) is 5.69 Å². The van der Waals surface area contributed by atoms with Crippen LogP contribution >= 0.6 is 0 Å². The van der Waals surface area contributed by atoms with E-state index in [1.54, 1.807) is 24.4 Å². The smallest absolute Gasteiger partial charge is 0.116 e. The van der Waals surface area contributed by atoms with Gasteiger partial charge in [0.15, 0.2) is 0 Å². The average Bonchev–Trinajstić information content (AvgIpc) is 2.29. The third-order valence-corrected chi connectivity index (χ3v) is 2.20. The summed E-state index contributed by atoms with van der Waals surface area (Å²) in [5.74, 6) is 0.243. The minimum atomic E-state index is 0.243. The molecule has 0 unspecified atom stereocenters. The lowest BCUT2D eigenvalue weighted by molar-refractivity contribution is 0.475. The number of nitrogens with two attached hydrogens (primary N) is 1. The Labute approximate surface area is 88.2 Å². The second kappa shape index (κ2) is 4.11. The summed E-state index contributed by atoms with van der Waals surface area (Å²) < 4.78 is 0. The van der Waals surface area contributed by atoms with Gasteiger partial charge in [0.1, 0.15) is 5.75 Å². The number of nitrogens with zero attached hydrogens (tertiary/aromatic N) is 1. The average molecular weight is 200 g/mol. The molecule has 0 atom stereocenters. The third kappa shape index (κ3) is 2.14. The molecule has 3 nitrogen and oxygen atoms in total. The highest BCUT2D eigenvalue weighted by molar-refractivity contribution is 5.61. The van der Waals surface area contributed by atoms with Gasteiger partial charge in [-0.1, -0.05) is 12.1 Å². The van der Waals surface area contributed by atoms with Gasteiger partial charge in [-0.15, -0.1) is 0 Å². The van der Waals surface area contributed by atoms with Crippen molar-refractivity contribution in [2.24, 2.45) is 5.73 Å². The number of hydrogen-bond acceptors (Lipinski definition) is 3. The number of phenols is 1. The van der Waals surface area contributed by atoms with Crippen LogP contribution in [0.5, 0.6) is 5.75 Å². The van der Waals surface area contributed by atoms with Gasteiger partial charge in [0.25, 0.3) is 0 Å². The summed E-state index contributed by atoms with van der Waals surface area (Å²) >= 11 is 0. The molecule has 2 aromatic rings. The van der Waals surface area contributed by atoms with Gasteiger partial charge in [-0.2, -0.15) is 0 Å². The number of hydrogen-bond donors (Lipinski definition) is 2. The summed E-state index contributed by atoms with van der Waals surface area (Å²) in [4.78, 5) is 4.23. The SMILES string of the molecule is NCc1ccnc(-c2cccc(O)c2)c1. The zero-order valence-corrected chi connectivity index (χ0v) is 8.22. The molecular formula is C12H12N2O. The van der Waals surface area contributed by atoms with Gasteiger partial charge >= 0.3 is 0 Å². The van der Waals surface area contributed by atoms with E-state index >= 15 is 0 Å². The summed E-state index contributed by atoms with van der Waals surface area (Å²) in [5.41, 5.74) is 8.30. The standard InChI is InChI=1S/C12H12N2O/c13-8-9-4-5-14-12(6-9)10-2-1-3-11(15)7-10/h1-7,15H,8,13H2. The molecule has 15 heavy (non-hydrogen) atoms. The first kappa shape index (κ1) is 9.68. The summed E-state index contributed by atoms with van der Waals surface area (Å²) in [6, 6.07) is 10.8. The number of aromatic hydroxyl groups is 1. The van der Waals surface area contributed by atoms with Crippen LogP contribution in [0, 0.1) is 0 Å². The fourth-order valence-corrected chi connectivity index (χ4v) is 1.42. The molecule has 0 fully saturated rings. The lowest BCUT2D eigenvalue weighted by atomic mass is 10.1. The minimum absolute atomic E-state index is 0.243. The van der Waals surface area contributed by atoms with Gasteiger partial charge in [-0.25, -0.2) is 0 Å². The van der Waals surface area contributed by atoms with Crippen molar-refractivity contribution in [1.82, 2.24) is 4.98 Å². The highest BCUT2D eigenvalue weighted by Crippen LogP contribution is 2.21. The van der Waals surface area contributed by atoms with Crippen molar-refractivity contribution < 1.29 is 5.11 Å². The number of rotatable bonds is 2. The molecule has 0 aliphatic heterocycles. The highest BCUT2D eigenvalue weighted by Gasteiger charge is 2.00. The molecule has 0 aliphatic rings. The van der Waals surface area contributed by atoms with Crippen molar-refractivity contribution in [1.29, 1.82) is 0 Å². The largest absolute Gasteiger partial charge is 0.508 e. The molecule has 0 aliphatic carbocycles. The van der Waals surface area contributed by atoms with E-state index in [1.807, 2.05) is 18.2 Å². The molecule has 2 rings (SSSR count). The highest BCUT2D eigenvalue weighted by atomic mass is 16.3. The van der Waals surface area contributed by atoms with Crippen LogP contribution in [0.15, 0.2) is 42.6 Å². The molecule has 1 aromatic heterocycles. The Morgan fingerprint density at radius 2 is 2.07 bits per heavy atom. The molecule has 3 N–H and O–H groups in total. The van der Waals surface area contributed by atoms with E-state index in [-0.39, 0.29) is 5.75 Å². The second-order valence-electron chi connectivity index (χ2n) is 3.30. The van der Waals surface area contributed by atoms with Crippen molar-refractivity contribution >= 4 is 0 Å². The first-order chi connectivity index (χ1) is 7.29. The maximum absolute atomic E-state index is 9.35. The van der Waals surface area contributed by atoms with Crippen LogP contribution in [-0.4, -0.2) is 10.1 Å². The molecule has 0 spiro atoms. The van der Waals surface area contributed by atoms with E-state index < -0.39 is 0 Å². The zero-order valence-electron chi connectivity index (χ0n) is 8.22. The fourth-order valence-electron chi connectivity index (χ4n) is 1.42. The lowest BCUT2D eigenvalue weighted by Gasteiger charge is -2.03. The topological polar surface area (TPSA) is 59.1 Å². The fraction of sp³-hybridized carbons (Fsp3) is 0.0833. The normalized spacial score (nSPS) is 10.2. The van der Waals surface area contributed by atoms with Crippen LogP contribution in [0.3, 0.4) is 0 Å². The summed E-state index contributed by atoms with van der Waals surface area (Å²) in [6.45, 7) is 0.494. The predicted octanol–water partition coefficient (Wildman–Crippen LogP) is 1.91. The Kier molecular flexibility index (Phi) is 2.65. The quantitative estimate of drug-likeness (QED) is 0.778. The van der Waals surface area contributed by atoms with Crippen molar-refractivity contribution in [2.45, 2.75) is 6.54 Å². The Balaban J connectivity index is 2.44. The molecule has 0 saturated heterocycles. The Bertz CT molecular complexity index is 469. The summed E-state index contributed by atoms with van der Waals surface area (Å²) in [7, 11) is 0. The number of phenolic OH excluding ortho intramolecular Hbond substituents is 1. The lowest BCUT2D eigenvalue weighted by Crippen LogP contribution is -1.96. The maximum atomic E-state index is 9.35. The van der Waals surface area contributed by atoms with Crippen LogP contribution < -0.4 is 5.73 Å². The van der Waals surface area contributed by atoms with Crippen molar-refractivity contribution in [3.05, 3.63) is 48.2 Å². The molecule has 0 saturated carbocycles. The number of benzene rings is 1. The summed E-state index contributed by atoms with van der Waals surface area (Å²) in [5, 5.41) is 9.35. The van der Waals surface area contributed by atoms with Gasteiger partial charge in [-0.05, 0) is 29.8 Å². The third-order valence-electron chi connectivity index (χ3n) is 2.20. The molecule has 1 heterocycles. The van der Waals surface area contributed by atoms with E-state index in [0.29, 0.717) is 6.54 Å². The minimum Gasteiger partial charge on any atom is -0.508 e. The first-order valence-corrected chi connectivity index (χ1v) is 4.74. The van der Waals surface area contributed by atoms with E-state index in [0.717, 1.165) is 16.8 Å². The molecule has 3 heteroatoms. The van der Waals surface area contributed by atoms with Crippen LogP contribution in [0.2, 0.25) is 0 Å². The van der Waals surface area contributed by atoms with Crippen LogP contribution in [-0.2, 0) is 6.54 Å². The Hall–Kier alpha value is -1.87. The maximum Gasteiger partial charge on any atom is 0.116 e. The van der Waals surface area contributed by atoms with Gasteiger partial charge in [0.2, 0.25) is 0 Å². The van der Waals surface area contributed by atoms with Gasteiger partial charge < -0.3 is 10.8 Å². The molecule has 0 bridgehead atoms. The van der Waals surface area contributed by atoms with Crippen LogP contribution in [0.25, 0.3) is 11.3 Å². The monoisotopic (exact) mass is 200 g/mol. The predicted molar refractivity (Wildman–Crippen MR) is 59.2 cm³/mol. The Morgan fingerprint density at radius 1 is 1.20 bits per heavy atom. The zero-order chi connectivity index (χ0) is 10.7. The molecule has 1 aromatic carbocycles. The van der Waals surface area contributed by atoms with E-state index in [2.05, 4.69) is 4.98 Å². The first-order valence-electron chi connectivity index (χ1n) is 4.74. The number of aromatic nitrogens is 1. The second-order valence-corrected chi connectivity index (χ2v) is 3.30. The molecule has 76 valence electrons. The van der Waals surface area contributed by atoms with Crippen LogP contribution in [0.1, 0.15) is 5.56 Å². The molecule has 0 amide bonds. The van der Waals surface area contributed by atoms with Gasteiger partial charge in [-0.3, -0.25) is 4.98 Å². The van der Waals surface area contributed by atoms with Crippen molar-refractivity contribution in [3.8, 4) is 17.0 Å². The molecular weight excluding hydrogens is 188 g/mol. The van der Waals surface area contributed by atoms with E-state index in [9.17, 15) is 5.11 Å². The Morgan fingerprint density at radius 3 is 2.80 bits per heavy atom. The molecule has 0 radical (unpaired) electrons. The summed E-state index contributed by atoms with van der Waals surface area (Å²) in [6.07, 6.45) is 1.72. The van der Waals surface area contributed by atoms with E-state index in [1.165, 1.54) is 0 Å². The van der Waals surface area contributed by atoms with Crippen molar-refractivity contribution in [2.75, 3.05) is 0 Å².